The van der Waals surface area contributed by atoms with Crippen LogP contribution in [0.3, 0.4) is 0 Å². The highest BCUT2D eigenvalue weighted by atomic mass is 16.5. The second-order valence-corrected chi connectivity index (χ2v) is 13.3. The number of nitrogens with one attached hydrogen (secondary N) is 2. The van der Waals surface area contributed by atoms with E-state index in [9.17, 15) is 9.59 Å². The number of pyridine rings is 3. The fourth-order valence-corrected chi connectivity index (χ4v) is 6.63. The van der Waals surface area contributed by atoms with E-state index in [1.54, 1.807) is 19.4 Å². The number of methoxy groups -OCH3 is 1. The van der Waals surface area contributed by atoms with Crippen molar-refractivity contribution < 1.29 is 14.3 Å². The van der Waals surface area contributed by atoms with Crippen LogP contribution < -0.4 is 15.4 Å². The Morgan fingerprint density at radius 2 is 1.76 bits per heavy atom. The number of hydrogen-bond donors (Lipinski definition) is 2. The van der Waals surface area contributed by atoms with Gasteiger partial charge in [-0.3, -0.25) is 19.2 Å². The number of hydrogen-bond acceptors (Lipinski definition) is 9. The van der Waals surface area contributed by atoms with Crippen molar-refractivity contribution in [3.63, 3.8) is 0 Å². The zero-order chi connectivity index (χ0) is 33.6. The Labute approximate surface area is 284 Å². The Kier molecular flexibility index (Phi) is 7.95. The van der Waals surface area contributed by atoms with Gasteiger partial charge in [0.05, 0.1) is 25.0 Å². The van der Waals surface area contributed by atoms with Gasteiger partial charge in [0.1, 0.15) is 23.1 Å². The topological polar surface area (TPSA) is 130 Å². The van der Waals surface area contributed by atoms with E-state index >= 15 is 0 Å². The van der Waals surface area contributed by atoms with Gasteiger partial charge in [-0.25, -0.2) is 15.0 Å². The maximum Gasteiger partial charge on any atom is 0.272 e. The lowest BCUT2D eigenvalue weighted by molar-refractivity contribution is -0.117. The molecule has 2 amide bonds. The Morgan fingerprint density at radius 1 is 0.959 bits per heavy atom. The molecule has 2 aliphatic carbocycles. The molecule has 3 aliphatic rings. The first kappa shape index (κ1) is 30.9. The number of anilines is 2. The Bertz CT molecular complexity index is 2060. The van der Waals surface area contributed by atoms with Crippen LogP contribution in [-0.4, -0.2) is 86.7 Å². The van der Waals surface area contributed by atoms with Gasteiger partial charge in [0.25, 0.3) is 5.91 Å². The van der Waals surface area contributed by atoms with Gasteiger partial charge in [-0.2, -0.15) is 5.10 Å². The van der Waals surface area contributed by atoms with Crippen LogP contribution in [0.2, 0.25) is 0 Å². The summed E-state index contributed by atoms with van der Waals surface area (Å²) in [5.74, 6) is 2.02. The zero-order valence-corrected chi connectivity index (χ0v) is 27.9. The maximum atomic E-state index is 12.8. The average Bonchev–Trinajstić information content (AvgIpc) is 4.06. The van der Waals surface area contributed by atoms with Crippen molar-refractivity contribution in [1.82, 2.24) is 34.5 Å². The second kappa shape index (κ2) is 12.6. The zero-order valence-electron chi connectivity index (χ0n) is 27.9. The van der Waals surface area contributed by atoms with E-state index in [0.29, 0.717) is 35.7 Å². The molecule has 2 saturated carbocycles. The highest BCUT2D eigenvalue weighted by Gasteiger charge is 2.32. The number of ether oxygens (including phenoxy) is 1. The molecule has 0 spiro atoms. The second-order valence-electron chi connectivity index (χ2n) is 13.3. The standard InChI is InChI=1S/C37H39N9O3/c1-38-35-31-17-39-33(43-36(47)22-10-11-22)14-29(31)30(16-40-35)28-8-5-7-27(34(28)49-3)23-15-41-46(18-23)26-20-45(21-26)19-24-6-4-9-32(42-24)37(48)44(2)25-12-13-25/h4-9,14-18,22,25-26H,10-13,19-21H2,1-3H3,(H,38,40)(H,39,43,47). The third kappa shape index (κ3) is 6.08. The van der Waals surface area contributed by atoms with Crippen LogP contribution in [-0.2, 0) is 11.3 Å². The monoisotopic (exact) mass is 657 g/mol. The molecule has 2 N–H and O–H groups in total. The largest absolute Gasteiger partial charge is 0.495 e. The van der Waals surface area contributed by atoms with Crippen molar-refractivity contribution in [1.29, 1.82) is 0 Å². The molecular formula is C37H39N9O3. The number of nitrogens with zero attached hydrogens (tertiary/aromatic N) is 7. The van der Waals surface area contributed by atoms with Gasteiger partial charge in [-0.15, -0.1) is 0 Å². The molecule has 0 unspecified atom stereocenters. The van der Waals surface area contributed by atoms with Crippen LogP contribution in [0.15, 0.2) is 67.3 Å². The summed E-state index contributed by atoms with van der Waals surface area (Å²) in [6.07, 6.45) is 11.5. The van der Waals surface area contributed by atoms with Crippen molar-refractivity contribution in [2.75, 3.05) is 44.9 Å². The summed E-state index contributed by atoms with van der Waals surface area (Å²) < 4.78 is 8.09. The van der Waals surface area contributed by atoms with Gasteiger partial charge < -0.3 is 20.3 Å². The third-order valence-corrected chi connectivity index (χ3v) is 9.77. The molecule has 1 aromatic carbocycles. The lowest BCUT2D eigenvalue weighted by Gasteiger charge is -2.39. The maximum absolute atomic E-state index is 12.8. The number of benzene rings is 1. The number of aromatic nitrogens is 5. The Morgan fingerprint density at radius 3 is 2.51 bits per heavy atom. The number of para-hydroxylation sites is 1. The molecule has 12 heteroatoms. The van der Waals surface area contributed by atoms with Gasteiger partial charge >= 0.3 is 0 Å². The summed E-state index contributed by atoms with van der Waals surface area (Å²) in [4.78, 5) is 43.3. The molecule has 1 saturated heterocycles. The number of fused-ring (bicyclic) bond motifs is 1. The molecule has 250 valence electrons. The summed E-state index contributed by atoms with van der Waals surface area (Å²) in [7, 11) is 5.37. The molecule has 49 heavy (non-hydrogen) atoms. The van der Waals surface area contributed by atoms with Gasteiger partial charge in [0, 0.05) is 97.3 Å². The van der Waals surface area contributed by atoms with Gasteiger partial charge in [0.15, 0.2) is 0 Å². The summed E-state index contributed by atoms with van der Waals surface area (Å²) in [6.45, 7) is 2.36. The number of carbonyl (C=O) groups excluding carboxylic acids is 2. The van der Waals surface area contributed by atoms with Crippen molar-refractivity contribution in [2.24, 2.45) is 5.92 Å². The summed E-state index contributed by atoms with van der Waals surface area (Å²) in [6, 6.07) is 14.3. The van der Waals surface area contributed by atoms with Crippen molar-refractivity contribution >= 4 is 34.2 Å². The van der Waals surface area contributed by atoms with Gasteiger partial charge in [0.2, 0.25) is 5.91 Å². The molecule has 0 radical (unpaired) electrons. The van der Waals surface area contributed by atoms with Gasteiger partial charge in [-0.05, 0) is 43.9 Å². The van der Waals surface area contributed by atoms with Crippen LogP contribution in [0, 0.1) is 5.92 Å². The average molecular weight is 658 g/mol. The quantitative estimate of drug-likeness (QED) is 0.196. The van der Waals surface area contributed by atoms with E-state index in [0.717, 1.165) is 77.5 Å². The molecule has 3 fully saturated rings. The molecule has 0 bridgehead atoms. The first-order chi connectivity index (χ1) is 23.9. The van der Waals surface area contributed by atoms with Crippen LogP contribution >= 0.6 is 0 Å². The minimum Gasteiger partial charge on any atom is -0.495 e. The molecule has 4 aromatic heterocycles. The Balaban J connectivity index is 1.01. The van der Waals surface area contributed by atoms with Crippen molar-refractivity contribution in [2.45, 2.75) is 44.3 Å². The summed E-state index contributed by atoms with van der Waals surface area (Å²) >= 11 is 0. The molecule has 1 aliphatic heterocycles. The third-order valence-electron chi connectivity index (χ3n) is 9.77. The molecule has 8 rings (SSSR count). The fourth-order valence-electron chi connectivity index (χ4n) is 6.63. The normalized spacial score (nSPS) is 16.3. The predicted molar refractivity (Wildman–Crippen MR) is 187 cm³/mol. The number of carbonyl (C=O) groups is 2. The highest BCUT2D eigenvalue weighted by molar-refractivity contribution is 6.05. The lowest BCUT2D eigenvalue weighted by Crippen LogP contribution is -2.47. The molecule has 0 atom stereocenters. The Hall–Kier alpha value is -5.36. The van der Waals surface area contributed by atoms with E-state index in [1.807, 2.05) is 72.5 Å². The SMILES string of the molecule is CNc1ncc(-c2cccc(-c3cnn(C4CN(Cc5cccc(C(=O)N(C)C6CC6)n5)C4)c3)c2OC)c2cc(NC(=O)C3CC3)ncc12. The molecule has 12 nitrogen and oxygen atoms in total. The van der Waals surface area contributed by atoms with E-state index < -0.39 is 0 Å². The van der Waals surface area contributed by atoms with Crippen molar-refractivity contribution in [3.8, 4) is 28.0 Å². The van der Waals surface area contributed by atoms with Crippen LogP contribution in [0.4, 0.5) is 11.6 Å². The van der Waals surface area contributed by atoms with Crippen LogP contribution in [0.1, 0.15) is 47.9 Å². The predicted octanol–water partition coefficient (Wildman–Crippen LogP) is 5.25. The minimum absolute atomic E-state index is 0.00652. The van der Waals surface area contributed by atoms with E-state index in [2.05, 4.69) is 36.7 Å². The number of rotatable bonds is 11. The van der Waals surface area contributed by atoms with E-state index in [-0.39, 0.29) is 23.8 Å². The number of amides is 2. The van der Waals surface area contributed by atoms with E-state index in [4.69, 9.17) is 9.84 Å². The first-order valence-electron chi connectivity index (χ1n) is 16.8. The molecular weight excluding hydrogens is 618 g/mol. The summed E-state index contributed by atoms with van der Waals surface area (Å²) in [5.41, 5.74) is 5.03. The first-order valence-corrected chi connectivity index (χ1v) is 16.8. The highest BCUT2D eigenvalue weighted by Crippen LogP contribution is 2.42. The summed E-state index contributed by atoms with van der Waals surface area (Å²) in [5, 5.41) is 12.6. The minimum atomic E-state index is -0.00652. The van der Waals surface area contributed by atoms with Crippen LogP contribution in [0.5, 0.6) is 5.75 Å². The van der Waals surface area contributed by atoms with Crippen molar-refractivity contribution in [3.05, 3.63) is 78.6 Å². The fraction of sp³-hybridized carbons (Fsp3) is 0.351. The smallest absolute Gasteiger partial charge is 0.272 e. The number of likely N-dealkylation sites (tertiary alicyclic amines) is 1. The molecule has 5 aromatic rings. The van der Waals surface area contributed by atoms with E-state index in [1.165, 1.54) is 0 Å². The lowest BCUT2D eigenvalue weighted by atomic mass is 9.96. The van der Waals surface area contributed by atoms with Gasteiger partial charge in [-0.1, -0.05) is 24.3 Å². The molecule has 5 heterocycles. The van der Waals surface area contributed by atoms with Crippen LogP contribution in [0.25, 0.3) is 33.0 Å².